The standard InChI is InChI=1S/C15H21N3O2.ClH/c16-13(11-4-2-1-3-5-11)10-14(19)17-8-9-18-15(20)12-6-7-12;/h1-5,12-13H,6-10,16H2,(H,17,19)(H,18,20);1H. The van der Waals surface area contributed by atoms with Gasteiger partial charge in [-0.1, -0.05) is 30.3 Å². The molecular weight excluding hydrogens is 290 g/mol. The number of carbonyl (C=O) groups excluding carboxylic acids is 2. The van der Waals surface area contributed by atoms with Gasteiger partial charge >= 0.3 is 0 Å². The monoisotopic (exact) mass is 311 g/mol. The van der Waals surface area contributed by atoms with Gasteiger partial charge in [-0.2, -0.15) is 0 Å². The van der Waals surface area contributed by atoms with Crippen molar-refractivity contribution in [1.29, 1.82) is 0 Å². The van der Waals surface area contributed by atoms with Crippen LogP contribution >= 0.6 is 12.4 Å². The average molecular weight is 312 g/mol. The van der Waals surface area contributed by atoms with Gasteiger partial charge in [0.05, 0.1) is 0 Å². The van der Waals surface area contributed by atoms with Crippen LogP contribution in [0.1, 0.15) is 30.9 Å². The Balaban J connectivity index is 0.00000220. The van der Waals surface area contributed by atoms with Crippen molar-refractivity contribution in [2.75, 3.05) is 13.1 Å². The van der Waals surface area contributed by atoms with Gasteiger partial charge in [-0.05, 0) is 18.4 Å². The summed E-state index contributed by atoms with van der Waals surface area (Å²) in [7, 11) is 0. The molecule has 1 aromatic carbocycles. The van der Waals surface area contributed by atoms with Crippen LogP contribution in [0.3, 0.4) is 0 Å². The molecule has 0 spiro atoms. The maximum Gasteiger partial charge on any atom is 0.223 e. The summed E-state index contributed by atoms with van der Waals surface area (Å²) in [6.45, 7) is 0.917. The maximum atomic E-state index is 11.7. The van der Waals surface area contributed by atoms with Crippen molar-refractivity contribution in [2.24, 2.45) is 11.7 Å². The number of hydrogen-bond acceptors (Lipinski definition) is 3. The number of rotatable bonds is 7. The SMILES string of the molecule is Cl.NC(CC(=O)NCCNC(=O)C1CC1)c1ccccc1. The van der Waals surface area contributed by atoms with Gasteiger partial charge in [0.15, 0.2) is 0 Å². The molecule has 6 heteroatoms. The molecule has 0 aromatic heterocycles. The van der Waals surface area contributed by atoms with E-state index in [0.29, 0.717) is 13.1 Å². The quantitative estimate of drug-likeness (QED) is 0.660. The number of nitrogens with two attached hydrogens (primary N) is 1. The van der Waals surface area contributed by atoms with Crippen LogP contribution in [0.15, 0.2) is 30.3 Å². The molecule has 116 valence electrons. The third-order valence-electron chi connectivity index (χ3n) is 3.33. The number of nitrogens with one attached hydrogen (secondary N) is 2. The molecule has 1 aliphatic carbocycles. The minimum absolute atomic E-state index is 0. The Morgan fingerprint density at radius 2 is 1.76 bits per heavy atom. The molecule has 1 aromatic rings. The topological polar surface area (TPSA) is 84.2 Å². The molecule has 0 heterocycles. The van der Waals surface area contributed by atoms with Crippen molar-refractivity contribution in [3.05, 3.63) is 35.9 Å². The Bertz CT molecular complexity index is 463. The van der Waals surface area contributed by atoms with Crippen LogP contribution in [-0.4, -0.2) is 24.9 Å². The summed E-state index contributed by atoms with van der Waals surface area (Å²) in [6.07, 6.45) is 2.23. The molecule has 5 nitrogen and oxygen atoms in total. The highest BCUT2D eigenvalue weighted by Crippen LogP contribution is 2.28. The highest BCUT2D eigenvalue weighted by atomic mass is 35.5. The molecule has 2 rings (SSSR count). The average Bonchev–Trinajstić information content (AvgIpc) is 3.29. The lowest BCUT2D eigenvalue weighted by atomic mass is 10.0. The van der Waals surface area contributed by atoms with E-state index in [2.05, 4.69) is 10.6 Å². The summed E-state index contributed by atoms with van der Waals surface area (Å²) in [5.74, 6) is 0.208. The molecule has 1 unspecified atom stereocenters. The predicted octanol–water partition coefficient (Wildman–Crippen LogP) is 1.14. The van der Waals surface area contributed by atoms with E-state index in [-0.39, 0.29) is 42.6 Å². The second-order valence-corrected chi connectivity index (χ2v) is 5.14. The zero-order valence-corrected chi connectivity index (χ0v) is 12.7. The van der Waals surface area contributed by atoms with Crippen LogP contribution in [0.2, 0.25) is 0 Å². The van der Waals surface area contributed by atoms with E-state index in [1.54, 1.807) is 0 Å². The summed E-state index contributed by atoms with van der Waals surface area (Å²) in [6, 6.07) is 9.25. The minimum atomic E-state index is -0.294. The van der Waals surface area contributed by atoms with Crippen molar-refractivity contribution in [2.45, 2.75) is 25.3 Å². The Morgan fingerprint density at radius 3 is 2.38 bits per heavy atom. The van der Waals surface area contributed by atoms with E-state index in [4.69, 9.17) is 5.73 Å². The van der Waals surface area contributed by atoms with Gasteiger partial charge in [-0.15, -0.1) is 12.4 Å². The zero-order chi connectivity index (χ0) is 14.4. The number of amides is 2. The first-order valence-corrected chi connectivity index (χ1v) is 7.02. The van der Waals surface area contributed by atoms with Crippen molar-refractivity contribution in [1.82, 2.24) is 10.6 Å². The van der Waals surface area contributed by atoms with Gasteiger partial charge in [-0.3, -0.25) is 9.59 Å². The van der Waals surface area contributed by atoms with Crippen LogP contribution in [0, 0.1) is 5.92 Å². The Morgan fingerprint density at radius 1 is 1.14 bits per heavy atom. The summed E-state index contributed by atoms with van der Waals surface area (Å²) in [4.78, 5) is 23.1. The smallest absolute Gasteiger partial charge is 0.223 e. The number of carbonyl (C=O) groups is 2. The Labute approximate surface area is 131 Å². The van der Waals surface area contributed by atoms with Gasteiger partial charge in [0, 0.05) is 31.5 Å². The van der Waals surface area contributed by atoms with Gasteiger partial charge < -0.3 is 16.4 Å². The van der Waals surface area contributed by atoms with Crippen LogP contribution in [0.25, 0.3) is 0 Å². The minimum Gasteiger partial charge on any atom is -0.354 e. The van der Waals surface area contributed by atoms with E-state index in [9.17, 15) is 9.59 Å². The molecule has 1 aliphatic rings. The van der Waals surface area contributed by atoms with Crippen LogP contribution < -0.4 is 16.4 Å². The van der Waals surface area contributed by atoms with Crippen molar-refractivity contribution >= 4 is 24.2 Å². The highest BCUT2D eigenvalue weighted by molar-refractivity contribution is 5.85. The molecule has 0 aliphatic heterocycles. The molecule has 1 atom stereocenters. The summed E-state index contributed by atoms with van der Waals surface area (Å²) < 4.78 is 0. The van der Waals surface area contributed by atoms with Crippen molar-refractivity contribution in [3.8, 4) is 0 Å². The van der Waals surface area contributed by atoms with Gasteiger partial charge in [0.1, 0.15) is 0 Å². The maximum absolute atomic E-state index is 11.7. The first-order chi connectivity index (χ1) is 9.66. The highest BCUT2D eigenvalue weighted by Gasteiger charge is 2.28. The first kappa shape index (κ1) is 17.5. The fraction of sp³-hybridized carbons (Fsp3) is 0.467. The normalized spacial score (nSPS) is 14.7. The molecule has 2 amide bonds. The number of benzene rings is 1. The second-order valence-electron chi connectivity index (χ2n) is 5.14. The molecule has 0 bridgehead atoms. The molecule has 0 saturated heterocycles. The van der Waals surface area contributed by atoms with E-state index in [1.165, 1.54) is 0 Å². The molecule has 1 saturated carbocycles. The largest absolute Gasteiger partial charge is 0.354 e. The first-order valence-electron chi connectivity index (χ1n) is 7.02. The molecule has 0 radical (unpaired) electrons. The Hall–Kier alpha value is -1.59. The lowest BCUT2D eigenvalue weighted by Gasteiger charge is -2.12. The molecule has 1 fully saturated rings. The van der Waals surface area contributed by atoms with Crippen LogP contribution in [-0.2, 0) is 9.59 Å². The molecule has 4 N–H and O–H groups in total. The predicted molar refractivity (Wildman–Crippen MR) is 84.0 cm³/mol. The third-order valence-corrected chi connectivity index (χ3v) is 3.33. The van der Waals surface area contributed by atoms with E-state index >= 15 is 0 Å². The van der Waals surface area contributed by atoms with Crippen LogP contribution in [0.5, 0.6) is 0 Å². The number of hydrogen-bond donors (Lipinski definition) is 3. The molecule has 21 heavy (non-hydrogen) atoms. The van der Waals surface area contributed by atoms with Gasteiger partial charge in [-0.25, -0.2) is 0 Å². The van der Waals surface area contributed by atoms with E-state index in [0.717, 1.165) is 18.4 Å². The Kier molecular flexibility index (Phi) is 7.19. The van der Waals surface area contributed by atoms with Crippen LogP contribution in [0.4, 0.5) is 0 Å². The number of halogens is 1. The summed E-state index contributed by atoms with van der Waals surface area (Å²) in [5.41, 5.74) is 6.91. The van der Waals surface area contributed by atoms with Gasteiger partial charge in [0.25, 0.3) is 0 Å². The zero-order valence-electron chi connectivity index (χ0n) is 11.9. The fourth-order valence-corrected chi connectivity index (χ4v) is 1.97. The van der Waals surface area contributed by atoms with Gasteiger partial charge in [0.2, 0.25) is 11.8 Å². The third kappa shape index (κ3) is 6.14. The lowest BCUT2D eigenvalue weighted by Crippen LogP contribution is -2.36. The van der Waals surface area contributed by atoms with E-state index < -0.39 is 0 Å². The lowest BCUT2D eigenvalue weighted by molar-refractivity contribution is -0.123. The molecular formula is C15H22ClN3O2. The summed E-state index contributed by atoms with van der Waals surface area (Å²) in [5, 5.41) is 5.56. The summed E-state index contributed by atoms with van der Waals surface area (Å²) >= 11 is 0. The fourth-order valence-electron chi connectivity index (χ4n) is 1.97. The van der Waals surface area contributed by atoms with E-state index in [1.807, 2.05) is 30.3 Å². The van der Waals surface area contributed by atoms with Crippen molar-refractivity contribution < 1.29 is 9.59 Å². The second kappa shape index (κ2) is 8.64. The van der Waals surface area contributed by atoms with Crippen molar-refractivity contribution in [3.63, 3.8) is 0 Å².